The molecule has 0 saturated heterocycles. The van der Waals surface area contributed by atoms with Crippen LogP contribution >= 0.6 is 0 Å². The Labute approximate surface area is 163 Å². The Morgan fingerprint density at radius 3 is 2.46 bits per heavy atom. The van der Waals surface area contributed by atoms with Gasteiger partial charge >= 0.3 is 0 Å². The minimum Gasteiger partial charge on any atom is -0.456 e. The molecule has 134 valence electrons. The van der Waals surface area contributed by atoms with Crippen molar-refractivity contribution in [3.63, 3.8) is 0 Å². The molecule has 6 rings (SSSR count). The fourth-order valence-electron chi connectivity index (χ4n) is 4.83. The third-order valence-corrected chi connectivity index (χ3v) is 6.11. The van der Waals surface area contributed by atoms with Gasteiger partial charge in [0.05, 0.1) is 5.69 Å². The van der Waals surface area contributed by atoms with Gasteiger partial charge in [0.25, 0.3) is 0 Å². The molecule has 0 atom stereocenters. The molecule has 0 bridgehead atoms. The van der Waals surface area contributed by atoms with Crippen LogP contribution in [-0.4, -0.2) is 4.98 Å². The maximum atomic E-state index is 6.42. The molecule has 2 aromatic heterocycles. The van der Waals surface area contributed by atoms with E-state index in [1.165, 1.54) is 32.8 Å². The molecule has 1 aliphatic rings. The van der Waals surface area contributed by atoms with Crippen LogP contribution in [0.3, 0.4) is 0 Å². The summed E-state index contributed by atoms with van der Waals surface area (Å²) < 4.78 is 6.42. The van der Waals surface area contributed by atoms with E-state index in [4.69, 9.17) is 9.40 Å². The van der Waals surface area contributed by atoms with Crippen LogP contribution in [0.15, 0.2) is 83.4 Å². The van der Waals surface area contributed by atoms with Gasteiger partial charge in [-0.15, -0.1) is 0 Å². The van der Waals surface area contributed by atoms with E-state index >= 15 is 0 Å². The van der Waals surface area contributed by atoms with Crippen LogP contribution in [0.25, 0.3) is 44.3 Å². The van der Waals surface area contributed by atoms with Crippen LogP contribution in [0.5, 0.6) is 0 Å². The second kappa shape index (κ2) is 5.32. The predicted octanol–water partition coefficient (Wildman–Crippen LogP) is 6.95. The summed E-state index contributed by atoms with van der Waals surface area (Å²) in [4.78, 5) is 4.79. The van der Waals surface area contributed by atoms with Gasteiger partial charge in [-0.05, 0) is 23.1 Å². The quantitative estimate of drug-likeness (QED) is 0.323. The fourth-order valence-corrected chi connectivity index (χ4v) is 4.83. The molecule has 1 aliphatic carbocycles. The van der Waals surface area contributed by atoms with Gasteiger partial charge in [-0.1, -0.05) is 74.5 Å². The van der Waals surface area contributed by atoms with Gasteiger partial charge in [-0.2, -0.15) is 0 Å². The highest BCUT2D eigenvalue weighted by Crippen LogP contribution is 2.55. The second-order valence-electron chi connectivity index (χ2n) is 8.04. The highest BCUT2D eigenvalue weighted by Gasteiger charge is 2.41. The molecule has 2 nitrogen and oxygen atoms in total. The molecule has 5 aromatic rings. The molecule has 0 fully saturated rings. The van der Waals surface area contributed by atoms with Crippen LogP contribution in [0.1, 0.15) is 25.0 Å². The Balaban J connectivity index is 1.75. The normalized spacial score (nSPS) is 14.4. The van der Waals surface area contributed by atoms with E-state index in [-0.39, 0.29) is 5.41 Å². The van der Waals surface area contributed by atoms with E-state index in [9.17, 15) is 0 Å². The summed E-state index contributed by atoms with van der Waals surface area (Å²) in [6.45, 7) is 4.58. The number of nitrogens with zero attached hydrogens (tertiary/aromatic N) is 1. The van der Waals surface area contributed by atoms with E-state index in [0.717, 1.165) is 22.6 Å². The minimum atomic E-state index is -0.113. The number of rotatable bonds is 1. The topological polar surface area (TPSA) is 26.0 Å². The molecular weight excluding hydrogens is 342 g/mol. The summed E-state index contributed by atoms with van der Waals surface area (Å²) in [7, 11) is 0. The van der Waals surface area contributed by atoms with Crippen molar-refractivity contribution in [2.45, 2.75) is 19.3 Å². The van der Waals surface area contributed by atoms with Crippen molar-refractivity contribution in [1.82, 2.24) is 4.98 Å². The molecule has 0 unspecified atom stereocenters. The summed E-state index contributed by atoms with van der Waals surface area (Å²) in [5, 5.41) is 3.57. The first-order valence-electron chi connectivity index (χ1n) is 9.66. The summed E-state index contributed by atoms with van der Waals surface area (Å²) in [5.74, 6) is 0.992. The lowest BCUT2D eigenvalue weighted by atomic mass is 9.81. The number of hydrogen-bond donors (Lipinski definition) is 0. The van der Waals surface area contributed by atoms with Crippen molar-refractivity contribution in [2.75, 3.05) is 0 Å². The molecule has 0 aliphatic heterocycles. The molecule has 2 heteroatoms. The highest BCUT2D eigenvalue weighted by atomic mass is 16.3. The third-order valence-electron chi connectivity index (χ3n) is 6.11. The maximum Gasteiger partial charge on any atom is 0.140 e. The first-order valence-corrected chi connectivity index (χ1v) is 9.66. The lowest BCUT2D eigenvalue weighted by Gasteiger charge is -2.21. The fraction of sp³-hybridized carbons (Fsp3) is 0.115. The summed E-state index contributed by atoms with van der Waals surface area (Å²) >= 11 is 0. The zero-order chi connectivity index (χ0) is 18.9. The number of para-hydroxylation sites is 1. The lowest BCUT2D eigenvalue weighted by molar-refractivity contribution is 0.619. The van der Waals surface area contributed by atoms with E-state index in [1.54, 1.807) is 0 Å². The SMILES string of the molecule is CC1(C)c2cccc(-c3nccc4ccccc34)c2-c2oc3ccccc3c21. The molecule has 2 heterocycles. The number of fused-ring (bicyclic) bond motifs is 6. The molecule has 0 amide bonds. The Kier molecular flexibility index (Phi) is 2.98. The van der Waals surface area contributed by atoms with E-state index in [1.807, 2.05) is 12.3 Å². The number of furan rings is 1. The number of pyridine rings is 1. The van der Waals surface area contributed by atoms with Crippen molar-refractivity contribution in [3.8, 4) is 22.6 Å². The van der Waals surface area contributed by atoms with Crippen molar-refractivity contribution in [1.29, 1.82) is 0 Å². The largest absolute Gasteiger partial charge is 0.456 e. The lowest BCUT2D eigenvalue weighted by Crippen LogP contribution is -2.14. The van der Waals surface area contributed by atoms with Gasteiger partial charge in [0, 0.05) is 39.1 Å². The van der Waals surface area contributed by atoms with Crippen LogP contribution in [0.2, 0.25) is 0 Å². The third kappa shape index (κ3) is 1.90. The van der Waals surface area contributed by atoms with Crippen molar-refractivity contribution >= 4 is 21.7 Å². The van der Waals surface area contributed by atoms with Crippen molar-refractivity contribution < 1.29 is 4.42 Å². The van der Waals surface area contributed by atoms with Gasteiger partial charge in [0.15, 0.2) is 0 Å². The van der Waals surface area contributed by atoms with E-state index in [2.05, 4.69) is 80.6 Å². The molecule has 0 radical (unpaired) electrons. The first kappa shape index (κ1) is 15.6. The van der Waals surface area contributed by atoms with Gasteiger partial charge in [-0.25, -0.2) is 0 Å². The predicted molar refractivity (Wildman–Crippen MR) is 115 cm³/mol. The Hall–Kier alpha value is -3.39. The molecule has 0 spiro atoms. The van der Waals surface area contributed by atoms with Gasteiger partial charge in [-0.3, -0.25) is 4.98 Å². The van der Waals surface area contributed by atoms with Crippen LogP contribution in [0, 0.1) is 0 Å². The molecule has 0 saturated carbocycles. The smallest absolute Gasteiger partial charge is 0.140 e. The molecule has 28 heavy (non-hydrogen) atoms. The highest BCUT2D eigenvalue weighted by molar-refractivity contribution is 6.03. The molecule has 3 aromatic carbocycles. The monoisotopic (exact) mass is 361 g/mol. The standard InChI is InChI=1S/C26H19NO/c1-26(2)20-12-7-11-19(24-17-9-4-3-8-16(17)14-15-27-24)22(20)25-23(26)18-10-5-6-13-21(18)28-25/h3-15H,1-2H3. The number of aromatic nitrogens is 1. The zero-order valence-electron chi connectivity index (χ0n) is 15.9. The van der Waals surface area contributed by atoms with Crippen molar-refractivity contribution in [2.24, 2.45) is 0 Å². The molecule has 0 N–H and O–H groups in total. The van der Waals surface area contributed by atoms with Gasteiger partial charge in [0.2, 0.25) is 0 Å². The minimum absolute atomic E-state index is 0.113. The van der Waals surface area contributed by atoms with Crippen LogP contribution in [-0.2, 0) is 5.41 Å². The Morgan fingerprint density at radius 1 is 0.786 bits per heavy atom. The van der Waals surface area contributed by atoms with E-state index < -0.39 is 0 Å². The average molecular weight is 361 g/mol. The summed E-state index contributed by atoms with van der Waals surface area (Å²) in [5.41, 5.74) is 6.76. The summed E-state index contributed by atoms with van der Waals surface area (Å²) in [6.07, 6.45) is 1.90. The first-order chi connectivity index (χ1) is 13.7. The Morgan fingerprint density at radius 2 is 1.57 bits per heavy atom. The summed E-state index contributed by atoms with van der Waals surface area (Å²) in [6, 6.07) is 25.4. The Bertz CT molecular complexity index is 1390. The van der Waals surface area contributed by atoms with Crippen molar-refractivity contribution in [3.05, 3.63) is 90.1 Å². The van der Waals surface area contributed by atoms with Crippen LogP contribution in [0.4, 0.5) is 0 Å². The number of hydrogen-bond acceptors (Lipinski definition) is 2. The van der Waals surface area contributed by atoms with Gasteiger partial charge in [0.1, 0.15) is 11.3 Å². The second-order valence-corrected chi connectivity index (χ2v) is 8.04. The number of benzene rings is 3. The van der Waals surface area contributed by atoms with E-state index in [0.29, 0.717) is 0 Å². The maximum absolute atomic E-state index is 6.42. The zero-order valence-corrected chi connectivity index (χ0v) is 15.9. The van der Waals surface area contributed by atoms with Crippen LogP contribution < -0.4 is 0 Å². The van der Waals surface area contributed by atoms with Gasteiger partial charge < -0.3 is 4.42 Å². The molecular formula is C26H19NO. The average Bonchev–Trinajstić information content (AvgIpc) is 3.22.